The summed E-state index contributed by atoms with van der Waals surface area (Å²) in [4.78, 5) is 16.2. The molecule has 0 bridgehead atoms. The van der Waals surface area contributed by atoms with Crippen molar-refractivity contribution in [1.29, 1.82) is 0 Å². The van der Waals surface area contributed by atoms with Crippen molar-refractivity contribution in [2.75, 3.05) is 10.6 Å². The van der Waals surface area contributed by atoms with Gasteiger partial charge >= 0.3 is 0 Å². The maximum Gasteiger partial charge on any atom is 0.229 e. The molecular weight excluding hydrogens is 342 g/mol. The van der Waals surface area contributed by atoms with E-state index in [0.717, 1.165) is 21.5 Å². The number of hydrogen-bond acceptors (Lipinski definition) is 3. The van der Waals surface area contributed by atoms with Crippen molar-refractivity contribution in [1.82, 2.24) is 4.98 Å². The number of nitrogens with zero attached hydrogens (tertiary/aromatic N) is 1. The molecule has 5 heteroatoms. The normalized spacial score (nSPS) is 11.1. The number of pyridine rings is 1. The summed E-state index contributed by atoms with van der Waals surface area (Å²) in [5.74, 6) is 0.703. The van der Waals surface area contributed by atoms with Gasteiger partial charge in [0.15, 0.2) is 0 Å². The standard InChI is InChI=1S/C17H20BrN3O/c1-11-9-12(5-7-14(11)18)20-15-8-6-13(10-19-15)21-16(22)17(2,3)4/h5-10H,1-4H3,(H,19,20)(H,21,22). The zero-order valence-electron chi connectivity index (χ0n) is 13.2. The highest BCUT2D eigenvalue weighted by Crippen LogP contribution is 2.23. The third-order valence-corrected chi connectivity index (χ3v) is 4.02. The predicted octanol–water partition coefficient (Wildman–Crippen LogP) is 4.88. The number of aryl methyl sites for hydroxylation is 1. The number of amides is 1. The van der Waals surface area contributed by atoms with Crippen LogP contribution in [-0.4, -0.2) is 10.9 Å². The Bertz CT molecular complexity index is 675. The lowest BCUT2D eigenvalue weighted by molar-refractivity contribution is -0.123. The van der Waals surface area contributed by atoms with Gasteiger partial charge in [-0.05, 0) is 42.8 Å². The number of rotatable bonds is 3. The third kappa shape index (κ3) is 4.31. The lowest BCUT2D eigenvalue weighted by Crippen LogP contribution is -2.27. The van der Waals surface area contributed by atoms with Crippen LogP contribution < -0.4 is 10.6 Å². The van der Waals surface area contributed by atoms with Crippen molar-refractivity contribution in [3.63, 3.8) is 0 Å². The van der Waals surface area contributed by atoms with Crippen LogP contribution in [0.2, 0.25) is 0 Å². The minimum absolute atomic E-state index is 0.0291. The van der Waals surface area contributed by atoms with E-state index in [9.17, 15) is 4.79 Å². The SMILES string of the molecule is Cc1cc(Nc2ccc(NC(=O)C(C)(C)C)cn2)ccc1Br. The van der Waals surface area contributed by atoms with Crippen molar-refractivity contribution < 1.29 is 4.79 Å². The van der Waals surface area contributed by atoms with Gasteiger partial charge in [-0.15, -0.1) is 0 Å². The summed E-state index contributed by atoms with van der Waals surface area (Å²) in [6, 6.07) is 9.70. The fourth-order valence-electron chi connectivity index (χ4n) is 1.73. The monoisotopic (exact) mass is 361 g/mol. The van der Waals surface area contributed by atoms with E-state index in [-0.39, 0.29) is 5.91 Å². The van der Waals surface area contributed by atoms with E-state index in [1.807, 2.05) is 58.0 Å². The second kappa shape index (κ2) is 6.48. The first-order valence-corrected chi connectivity index (χ1v) is 7.86. The summed E-state index contributed by atoms with van der Waals surface area (Å²) in [5.41, 5.74) is 2.39. The Morgan fingerprint density at radius 2 is 1.82 bits per heavy atom. The molecule has 2 rings (SSSR count). The lowest BCUT2D eigenvalue weighted by Gasteiger charge is -2.17. The van der Waals surface area contributed by atoms with Gasteiger partial charge in [-0.2, -0.15) is 0 Å². The van der Waals surface area contributed by atoms with E-state index < -0.39 is 5.41 Å². The Morgan fingerprint density at radius 3 is 2.36 bits per heavy atom. The molecular formula is C17H20BrN3O. The second-order valence-corrected chi connectivity index (χ2v) is 7.08. The topological polar surface area (TPSA) is 54.0 Å². The highest BCUT2D eigenvalue weighted by molar-refractivity contribution is 9.10. The van der Waals surface area contributed by atoms with Crippen LogP contribution in [0, 0.1) is 12.3 Å². The molecule has 0 saturated heterocycles. The molecule has 0 aliphatic carbocycles. The largest absolute Gasteiger partial charge is 0.340 e. The van der Waals surface area contributed by atoms with Crippen molar-refractivity contribution in [2.24, 2.45) is 5.41 Å². The molecule has 1 heterocycles. The van der Waals surface area contributed by atoms with Gasteiger partial charge < -0.3 is 10.6 Å². The summed E-state index contributed by atoms with van der Waals surface area (Å²) < 4.78 is 1.08. The highest BCUT2D eigenvalue weighted by Gasteiger charge is 2.21. The van der Waals surface area contributed by atoms with E-state index >= 15 is 0 Å². The molecule has 22 heavy (non-hydrogen) atoms. The minimum Gasteiger partial charge on any atom is -0.340 e. The van der Waals surface area contributed by atoms with Crippen LogP contribution in [-0.2, 0) is 4.79 Å². The number of carbonyl (C=O) groups is 1. The molecule has 0 aliphatic rings. The number of carbonyl (C=O) groups excluding carboxylic acids is 1. The van der Waals surface area contributed by atoms with Crippen molar-refractivity contribution in [3.05, 3.63) is 46.6 Å². The lowest BCUT2D eigenvalue weighted by atomic mass is 9.96. The summed E-state index contributed by atoms with van der Waals surface area (Å²) in [5, 5.41) is 6.09. The molecule has 4 nitrogen and oxygen atoms in total. The maximum absolute atomic E-state index is 11.9. The smallest absolute Gasteiger partial charge is 0.229 e. The van der Waals surface area contributed by atoms with Gasteiger partial charge in [-0.3, -0.25) is 4.79 Å². The van der Waals surface area contributed by atoms with Gasteiger partial charge in [0, 0.05) is 15.6 Å². The molecule has 0 fully saturated rings. The van der Waals surface area contributed by atoms with E-state index in [1.165, 1.54) is 0 Å². The van der Waals surface area contributed by atoms with Gasteiger partial charge in [-0.1, -0.05) is 36.7 Å². The molecule has 1 aromatic carbocycles. The molecule has 1 aromatic heterocycles. The number of benzene rings is 1. The second-order valence-electron chi connectivity index (χ2n) is 6.23. The number of nitrogens with one attached hydrogen (secondary N) is 2. The van der Waals surface area contributed by atoms with Crippen LogP contribution in [0.3, 0.4) is 0 Å². The molecule has 116 valence electrons. The first kappa shape index (κ1) is 16.5. The maximum atomic E-state index is 11.9. The summed E-state index contributed by atoms with van der Waals surface area (Å²) in [6.07, 6.45) is 1.65. The first-order chi connectivity index (χ1) is 10.3. The third-order valence-electron chi connectivity index (χ3n) is 3.13. The Balaban J connectivity index is 2.06. The zero-order valence-corrected chi connectivity index (χ0v) is 14.8. The van der Waals surface area contributed by atoms with Crippen LogP contribution in [0.4, 0.5) is 17.2 Å². The highest BCUT2D eigenvalue weighted by atomic mass is 79.9. The Kier molecular flexibility index (Phi) is 4.86. The van der Waals surface area contributed by atoms with E-state index in [4.69, 9.17) is 0 Å². The molecule has 0 saturated carbocycles. The quantitative estimate of drug-likeness (QED) is 0.818. The van der Waals surface area contributed by atoms with Gasteiger partial charge in [0.25, 0.3) is 0 Å². The summed E-state index contributed by atoms with van der Waals surface area (Å²) in [6.45, 7) is 7.67. The van der Waals surface area contributed by atoms with Crippen LogP contribution in [0.25, 0.3) is 0 Å². The molecule has 2 aromatic rings. The van der Waals surface area contributed by atoms with E-state index in [0.29, 0.717) is 5.69 Å². The molecule has 0 radical (unpaired) electrons. The van der Waals surface area contributed by atoms with Crippen LogP contribution in [0.15, 0.2) is 41.0 Å². The average molecular weight is 362 g/mol. The number of anilines is 3. The van der Waals surface area contributed by atoms with Crippen molar-refractivity contribution in [2.45, 2.75) is 27.7 Å². The average Bonchev–Trinajstić information content (AvgIpc) is 2.44. The van der Waals surface area contributed by atoms with Gasteiger partial charge in [0.1, 0.15) is 5.82 Å². The molecule has 0 aliphatic heterocycles. The molecule has 2 N–H and O–H groups in total. The molecule has 0 spiro atoms. The summed E-state index contributed by atoms with van der Waals surface area (Å²) in [7, 11) is 0. The fraction of sp³-hybridized carbons (Fsp3) is 0.294. The number of aromatic nitrogens is 1. The van der Waals surface area contributed by atoms with Gasteiger partial charge in [-0.25, -0.2) is 4.98 Å². The predicted molar refractivity (Wildman–Crippen MR) is 94.5 cm³/mol. The Labute approximate surface area is 139 Å². The Hall–Kier alpha value is -1.88. The van der Waals surface area contributed by atoms with Crippen molar-refractivity contribution in [3.8, 4) is 0 Å². The van der Waals surface area contributed by atoms with Crippen molar-refractivity contribution >= 4 is 39.0 Å². The fourth-order valence-corrected chi connectivity index (χ4v) is 1.98. The minimum atomic E-state index is -0.425. The van der Waals surface area contributed by atoms with E-state index in [1.54, 1.807) is 6.20 Å². The molecule has 0 atom stereocenters. The Morgan fingerprint density at radius 1 is 1.14 bits per heavy atom. The van der Waals surface area contributed by atoms with Gasteiger partial charge in [0.2, 0.25) is 5.91 Å². The molecule has 0 unspecified atom stereocenters. The number of halogens is 1. The van der Waals surface area contributed by atoms with E-state index in [2.05, 4.69) is 31.5 Å². The van der Waals surface area contributed by atoms with Crippen LogP contribution in [0.1, 0.15) is 26.3 Å². The number of hydrogen-bond donors (Lipinski definition) is 2. The summed E-state index contributed by atoms with van der Waals surface area (Å²) >= 11 is 3.48. The van der Waals surface area contributed by atoms with Crippen LogP contribution >= 0.6 is 15.9 Å². The van der Waals surface area contributed by atoms with Gasteiger partial charge in [0.05, 0.1) is 11.9 Å². The molecule has 1 amide bonds. The van der Waals surface area contributed by atoms with Crippen LogP contribution in [0.5, 0.6) is 0 Å². The zero-order chi connectivity index (χ0) is 16.3. The first-order valence-electron chi connectivity index (χ1n) is 7.06.